The number of hydrogen-bond acceptors (Lipinski definition) is 1. The van der Waals surface area contributed by atoms with Crippen molar-refractivity contribution < 1.29 is 4.43 Å². The second kappa shape index (κ2) is 3.97. The fourth-order valence-electron chi connectivity index (χ4n) is 1.84. The Morgan fingerprint density at radius 3 is 2.07 bits per heavy atom. The lowest BCUT2D eigenvalue weighted by Gasteiger charge is -2.39. The largest absolute Gasteiger partial charge is 0.414 e. The molecule has 1 saturated carbocycles. The van der Waals surface area contributed by atoms with Gasteiger partial charge in [0.15, 0.2) is 8.32 Å². The third-order valence-corrected chi connectivity index (χ3v) is 8.54. The molecule has 0 aromatic rings. The van der Waals surface area contributed by atoms with Crippen LogP contribution in [0.5, 0.6) is 0 Å². The van der Waals surface area contributed by atoms with Gasteiger partial charge >= 0.3 is 0 Å². The molecule has 0 saturated heterocycles. The van der Waals surface area contributed by atoms with Gasteiger partial charge in [0, 0.05) is 6.10 Å². The molecule has 0 N–H and O–H groups in total. The Kier molecular flexibility index (Phi) is 3.48. The molecule has 1 aliphatic carbocycles. The Balaban J connectivity index is 2.58. The van der Waals surface area contributed by atoms with Gasteiger partial charge in [0.05, 0.1) is 0 Å². The smallest absolute Gasteiger partial charge is 0.192 e. The quantitative estimate of drug-likeness (QED) is 0.626. The van der Waals surface area contributed by atoms with Crippen LogP contribution >= 0.6 is 0 Å². The third-order valence-electron chi connectivity index (χ3n) is 4.03. The maximum absolute atomic E-state index is 6.41. The second-order valence-electron chi connectivity index (χ2n) is 6.32. The molecule has 14 heavy (non-hydrogen) atoms. The summed E-state index contributed by atoms with van der Waals surface area (Å²) in [5.74, 6) is 0.782. The van der Waals surface area contributed by atoms with Crippen molar-refractivity contribution in [1.82, 2.24) is 0 Å². The fraction of sp³-hybridized carbons (Fsp3) is 1.00. The predicted octanol–water partition coefficient (Wildman–Crippen LogP) is 4.20. The molecule has 1 aliphatic rings. The minimum atomic E-state index is -1.51. The van der Waals surface area contributed by atoms with E-state index in [0.717, 1.165) is 5.92 Å². The van der Waals surface area contributed by atoms with E-state index < -0.39 is 8.32 Å². The summed E-state index contributed by atoms with van der Waals surface area (Å²) in [5.41, 5.74) is 0. The van der Waals surface area contributed by atoms with E-state index in [-0.39, 0.29) is 0 Å². The van der Waals surface area contributed by atoms with Crippen molar-refractivity contribution >= 4 is 8.32 Å². The van der Waals surface area contributed by atoms with Crippen LogP contribution in [0.3, 0.4) is 0 Å². The molecule has 0 amide bonds. The Morgan fingerprint density at radius 1 is 1.14 bits per heavy atom. The predicted molar refractivity (Wildman–Crippen MR) is 65.1 cm³/mol. The van der Waals surface area contributed by atoms with Crippen molar-refractivity contribution in [2.24, 2.45) is 5.92 Å². The van der Waals surface area contributed by atoms with E-state index in [1.807, 2.05) is 0 Å². The zero-order valence-corrected chi connectivity index (χ0v) is 11.7. The highest BCUT2D eigenvalue weighted by Crippen LogP contribution is 2.40. The van der Waals surface area contributed by atoms with Gasteiger partial charge in [-0.1, -0.05) is 34.1 Å². The Morgan fingerprint density at radius 2 is 1.71 bits per heavy atom. The Hall–Kier alpha value is 0.177. The zero-order chi connectivity index (χ0) is 11.0. The average molecular weight is 214 g/mol. The summed E-state index contributed by atoms with van der Waals surface area (Å²) in [6.07, 6.45) is 4.56. The van der Waals surface area contributed by atoms with E-state index in [9.17, 15) is 0 Å². The Bertz CT molecular complexity index is 193. The number of rotatable bonds is 2. The third kappa shape index (κ3) is 2.60. The first-order valence-electron chi connectivity index (χ1n) is 5.92. The highest BCUT2D eigenvalue weighted by atomic mass is 28.4. The van der Waals surface area contributed by atoms with Gasteiger partial charge in [0.2, 0.25) is 0 Å². The Labute approximate surface area is 90.4 Å². The maximum Gasteiger partial charge on any atom is 0.192 e. The van der Waals surface area contributed by atoms with E-state index in [4.69, 9.17) is 4.43 Å². The van der Waals surface area contributed by atoms with Gasteiger partial charge in [-0.05, 0) is 36.9 Å². The van der Waals surface area contributed by atoms with Crippen LogP contribution < -0.4 is 0 Å². The van der Waals surface area contributed by atoms with Gasteiger partial charge in [-0.15, -0.1) is 0 Å². The molecule has 0 radical (unpaired) electrons. The molecule has 0 aromatic heterocycles. The van der Waals surface area contributed by atoms with Gasteiger partial charge in [0.25, 0.3) is 0 Å². The first kappa shape index (κ1) is 12.2. The van der Waals surface area contributed by atoms with Crippen molar-refractivity contribution in [2.75, 3.05) is 0 Å². The lowest BCUT2D eigenvalue weighted by molar-refractivity contribution is 0.149. The van der Waals surface area contributed by atoms with Crippen LogP contribution in [-0.4, -0.2) is 14.4 Å². The molecule has 1 fully saturated rings. The molecular weight excluding hydrogens is 188 g/mol. The summed E-state index contributed by atoms with van der Waals surface area (Å²) in [4.78, 5) is 0. The van der Waals surface area contributed by atoms with Crippen LogP contribution in [0.25, 0.3) is 0 Å². The van der Waals surface area contributed by atoms with E-state index in [1.165, 1.54) is 19.3 Å². The van der Waals surface area contributed by atoms with Crippen molar-refractivity contribution in [1.29, 1.82) is 0 Å². The molecule has 1 nitrogen and oxygen atoms in total. The molecular formula is C12H26OSi. The minimum Gasteiger partial charge on any atom is -0.414 e. The summed E-state index contributed by atoms with van der Waals surface area (Å²) in [5, 5.41) is 0.356. The van der Waals surface area contributed by atoms with E-state index in [2.05, 4.69) is 40.8 Å². The van der Waals surface area contributed by atoms with Crippen LogP contribution in [0.2, 0.25) is 18.1 Å². The summed E-state index contributed by atoms with van der Waals surface area (Å²) in [6, 6.07) is 0. The van der Waals surface area contributed by atoms with E-state index >= 15 is 0 Å². The van der Waals surface area contributed by atoms with Crippen LogP contribution in [-0.2, 0) is 4.43 Å². The average Bonchev–Trinajstić information content (AvgIpc) is 2.33. The molecule has 1 rings (SSSR count). The molecule has 2 atom stereocenters. The van der Waals surface area contributed by atoms with E-state index in [1.54, 1.807) is 0 Å². The van der Waals surface area contributed by atoms with Crippen molar-refractivity contribution in [2.45, 2.75) is 71.2 Å². The zero-order valence-electron chi connectivity index (χ0n) is 10.7. The van der Waals surface area contributed by atoms with Gasteiger partial charge in [-0.2, -0.15) is 0 Å². The fourth-order valence-corrected chi connectivity index (χ4v) is 3.30. The molecule has 0 heterocycles. The van der Waals surface area contributed by atoms with Crippen molar-refractivity contribution in [3.63, 3.8) is 0 Å². The maximum atomic E-state index is 6.41. The lowest BCUT2D eigenvalue weighted by Crippen LogP contribution is -2.44. The first-order chi connectivity index (χ1) is 6.24. The number of hydrogen-bond donors (Lipinski definition) is 0. The molecule has 0 aliphatic heterocycles. The van der Waals surface area contributed by atoms with Crippen molar-refractivity contribution in [3.8, 4) is 0 Å². The molecule has 2 heteroatoms. The molecule has 0 bridgehead atoms. The van der Waals surface area contributed by atoms with E-state index in [0.29, 0.717) is 11.1 Å². The molecule has 84 valence electrons. The normalized spacial score (nSPS) is 29.6. The van der Waals surface area contributed by atoms with Crippen LogP contribution in [0.4, 0.5) is 0 Å². The summed E-state index contributed by atoms with van der Waals surface area (Å²) in [6.45, 7) is 14.0. The van der Waals surface area contributed by atoms with Gasteiger partial charge in [-0.25, -0.2) is 0 Å². The van der Waals surface area contributed by atoms with Crippen molar-refractivity contribution in [3.05, 3.63) is 0 Å². The van der Waals surface area contributed by atoms with Crippen LogP contribution in [0, 0.1) is 5.92 Å². The summed E-state index contributed by atoms with van der Waals surface area (Å²) >= 11 is 0. The summed E-state index contributed by atoms with van der Waals surface area (Å²) in [7, 11) is -1.51. The molecule has 0 aromatic carbocycles. The summed E-state index contributed by atoms with van der Waals surface area (Å²) < 4.78 is 6.41. The standard InChI is InChI=1S/C12H26OSi/c1-10-8-7-9-11(10)13-14(5,6)12(2,3)4/h10-11H,7-9H2,1-6H3. The first-order valence-corrected chi connectivity index (χ1v) is 8.83. The van der Waals surface area contributed by atoms with Gasteiger partial charge in [0.1, 0.15) is 0 Å². The van der Waals surface area contributed by atoms with Crippen LogP contribution in [0.1, 0.15) is 47.0 Å². The second-order valence-corrected chi connectivity index (χ2v) is 11.1. The monoisotopic (exact) mass is 214 g/mol. The lowest BCUT2D eigenvalue weighted by atomic mass is 10.1. The molecule has 0 spiro atoms. The van der Waals surface area contributed by atoms with Gasteiger partial charge in [-0.3, -0.25) is 0 Å². The highest BCUT2D eigenvalue weighted by Gasteiger charge is 2.40. The minimum absolute atomic E-state index is 0.356. The van der Waals surface area contributed by atoms with Crippen LogP contribution in [0.15, 0.2) is 0 Å². The van der Waals surface area contributed by atoms with Gasteiger partial charge < -0.3 is 4.43 Å². The molecule has 2 unspecified atom stereocenters. The topological polar surface area (TPSA) is 9.23 Å². The highest BCUT2D eigenvalue weighted by molar-refractivity contribution is 6.74. The SMILES string of the molecule is CC1CCCC1O[Si](C)(C)C(C)(C)C.